The number of halogens is 2. The van der Waals surface area contributed by atoms with Crippen LogP contribution in [-0.4, -0.2) is 18.7 Å². The third-order valence-electron chi connectivity index (χ3n) is 2.26. The molecule has 1 N–H and O–H groups in total. The van der Waals surface area contributed by atoms with Crippen LogP contribution in [0.15, 0.2) is 18.2 Å². The highest BCUT2D eigenvalue weighted by Crippen LogP contribution is 2.24. The minimum absolute atomic E-state index is 0.0832. The minimum atomic E-state index is -0.430. The first kappa shape index (κ1) is 14.3. The van der Waals surface area contributed by atoms with E-state index in [4.69, 9.17) is 16.3 Å². The van der Waals surface area contributed by atoms with Gasteiger partial charge in [-0.3, -0.25) is 0 Å². The van der Waals surface area contributed by atoms with Gasteiger partial charge in [-0.15, -0.1) is 0 Å². The summed E-state index contributed by atoms with van der Waals surface area (Å²) in [6, 6.07) is 4.40. The Balaban J connectivity index is 2.59. The second-order valence-corrected chi connectivity index (χ2v) is 5.02. The molecule has 0 heterocycles. The number of benzene rings is 1. The van der Waals surface area contributed by atoms with Crippen LogP contribution in [0, 0.1) is 5.82 Å². The van der Waals surface area contributed by atoms with E-state index < -0.39 is 5.82 Å². The normalized spacial score (nSPS) is 11.6. The molecule has 0 bridgehead atoms. The van der Waals surface area contributed by atoms with Crippen LogP contribution < -0.4 is 10.1 Å². The van der Waals surface area contributed by atoms with E-state index in [1.807, 2.05) is 13.8 Å². The summed E-state index contributed by atoms with van der Waals surface area (Å²) in [5.74, 6) is 0.153. The number of ether oxygens (including phenoxy) is 1. The molecule has 0 saturated heterocycles. The first-order valence-corrected chi connectivity index (χ1v) is 6.17. The maximum absolute atomic E-state index is 13.0. The molecule has 0 aromatic heterocycles. The van der Waals surface area contributed by atoms with Crippen LogP contribution in [0.5, 0.6) is 5.75 Å². The Morgan fingerprint density at radius 3 is 2.71 bits per heavy atom. The van der Waals surface area contributed by atoms with Crippen molar-refractivity contribution in [1.82, 2.24) is 5.32 Å². The zero-order chi connectivity index (χ0) is 12.9. The molecule has 96 valence electrons. The number of hydrogen-bond acceptors (Lipinski definition) is 2. The van der Waals surface area contributed by atoms with Crippen LogP contribution in [0.3, 0.4) is 0 Å². The van der Waals surface area contributed by atoms with Gasteiger partial charge in [0.25, 0.3) is 0 Å². The Morgan fingerprint density at radius 1 is 1.41 bits per heavy atom. The lowest BCUT2D eigenvalue weighted by molar-refractivity contribution is 0.108. The Kier molecular flexibility index (Phi) is 5.22. The summed E-state index contributed by atoms with van der Waals surface area (Å²) in [6.45, 7) is 7.76. The van der Waals surface area contributed by atoms with Gasteiger partial charge in [0.15, 0.2) is 0 Å². The molecule has 17 heavy (non-hydrogen) atoms. The Hall–Kier alpha value is -0.800. The van der Waals surface area contributed by atoms with E-state index in [0.29, 0.717) is 5.75 Å². The van der Waals surface area contributed by atoms with Crippen molar-refractivity contribution in [3.63, 3.8) is 0 Å². The van der Waals surface area contributed by atoms with E-state index in [1.54, 1.807) is 6.07 Å². The van der Waals surface area contributed by atoms with Gasteiger partial charge in [0.1, 0.15) is 17.2 Å². The van der Waals surface area contributed by atoms with Crippen LogP contribution in [0.1, 0.15) is 27.2 Å². The summed E-state index contributed by atoms with van der Waals surface area (Å²) < 4.78 is 18.8. The molecule has 0 spiro atoms. The van der Waals surface area contributed by atoms with E-state index in [-0.39, 0.29) is 10.6 Å². The zero-order valence-corrected chi connectivity index (χ0v) is 11.3. The van der Waals surface area contributed by atoms with E-state index in [9.17, 15) is 4.39 Å². The van der Waals surface area contributed by atoms with Gasteiger partial charge in [-0.2, -0.15) is 0 Å². The summed E-state index contributed by atoms with van der Waals surface area (Å²) in [6.07, 6.45) is 1.08. The summed E-state index contributed by atoms with van der Waals surface area (Å²) in [4.78, 5) is 0. The molecule has 0 unspecified atom stereocenters. The van der Waals surface area contributed by atoms with Gasteiger partial charge in [0.05, 0.1) is 5.02 Å². The first-order chi connectivity index (χ1) is 7.94. The first-order valence-electron chi connectivity index (χ1n) is 5.79. The predicted octanol–water partition coefficient (Wildman–Crippen LogP) is 3.64. The molecular formula is C13H19ClFNO. The SMILES string of the molecule is CCCNCC(C)(C)Oc1ccc(F)c(Cl)c1. The van der Waals surface area contributed by atoms with Crippen molar-refractivity contribution in [2.24, 2.45) is 0 Å². The van der Waals surface area contributed by atoms with E-state index >= 15 is 0 Å². The van der Waals surface area contributed by atoms with Crippen LogP contribution in [0.2, 0.25) is 5.02 Å². The molecule has 0 fully saturated rings. The van der Waals surface area contributed by atoms with Crippen LogP contribution in [0.25, 0.3) is 0 Å². The van der Waals surface area contributed by atoms with Gasteiger partial charge in [0, 0.05) is 12.6 Å². The van der Waals surface area contributed by atoms with Crippen molar-refractivity contribution in [3.05, 3.63) is 29.0 Å². The lowest BCUT2D eigenvalue weighted by Gasteiger charge is -2.27. The second kappa shape index (κ2) is 6.22. The molecule has 0 saturated carbocycles. The number of hydrogen-bond donors (Lipinski definition) is 1. The molecule has 1 aromatic carbocycles. The fraction of sp³-hybridized carbons (Fsp3) is 0.538. The molecule has 2 nitrogen and oxygen atoms in total. The molecule has 0 amide bonds. The Morgan fingerprint density at radius 2 is 2.12 bits per heavy atom. The van der Waals surface area contributed by atoms with Crippen LogP contribution in [0.4, 0.5) is 4.39 Å². The van der Waals surface area contributed by atoms with Gasteiger partial charge >= 0.3 is 0 Å². The summed E-state index contributed by atoms with van der Waals surface area (Å²) in [5, 5.41) is 3.37. The third-order valence-corrected chi connectivity index (χ3v) is 2.55. The van der Waals surface area contributed by atoms with Crippen molar-refractivity contribution in [1.29, 1.82) is 0 Å². The highest BCUT2D eigenvalue weighted by Gasteiger charge is 2.19. The predicted molar refractivity (Wildman–Crippen MR) is 69.3 cm³/mol. The van der Waals surface area contributed by atoms with Gasteiger partial charge in [0.2, 0.25) is 0 Å². The summed E-state index contributed by atoms with van der Waals surface area (Å²) in [5.41, 5.74) is -0.351. The van der Waals surface area contributed by atoms with Gasteiger partial charge in [-0.25, -0.2) is 4.39 Å². The third kappa shape index (κ3) is 4.92. The molecule has 1 aromatic rings. The Labute approximate surface area is 107 Å². The van der Waals surface area contributed by atoms with Crippen molar-refractivity contribution >= 4 is 11.6 Å². The maximum Gasteiger partial charge on any atom is 0.142 e. The fourth-order valence-corrected chi connectivity index (χ4v) is 1.63. The molecule has 4 heteroatoms. The average molecular weight is 260 g/mol. The molecule has 1 rings (SSSR count). The average Bonchev–Trinajstić information content (AvgIpc) is 2.23. The molecule has 0 aliphatic heterocycles. The molecule has 0 aliphatic carbocycles. The highest BCUT2D eigenvalue weighted by molar-refractivity contribution is 6.30. The lowest BCUT2D eigenvalue weighted by atomic mass is 10.1. The van der Waals surface area contributed by atoms with Crippen molar-refractivity contribution in [3.8, 4) is 5.75 Å². The molecule has 0 atom stereocenters. The van der Waals surface area contributed by atoms with Gasteiger partial charge in [-0.05, 0) is 38.9 Å². The zero-order valence-electron chi connectivity index (χ0n) is 10.5. The standard InChI is InChI=1S/C13H19ClFNO/c1-4-7-16-9-13(2,3)17-10-5-6-12(15)11(14)8-10/h5-6,8,16H,4,7,9H2,1-3H3. The smallest absolute Gasteiger partial charge is 0.142 e. The Bertz CT molecular complexity index is 368. The number of nitrogens with one attached hydrogen (secondary N) is 1. The van der Waals surface area contributed by atoms with Gasteiger partial charge < -0.3 is 10.1 Å². The summed E-state index contributed by atoms with van der Waals surface area (Å²) in [7, 11) is 0. The van der Waals surface area contributed by atoms with Crippen LogP contribution in [-0.2, 0) is 0 Å². The van der Waals surface area contributed by atoms with Gasteiger partial charge in [-0.1, -0.05) is 18.5 Å². The quantitative estimate of drug-likeness (QED) is 0.788. The van der Waals surface area contributed by atoms with E-state index in [2.05, 4.69) is 12.2 Å². The molecule has 0 radical (unpaired) electrons. The maximum atomic E-state index is 13.0. The fourth-order valence-electron chi connectivity index (χ4n) is 1.46. The van der Waals surface area contributed by atoms with Crippen molar-refractivity contribution in [2.75, 3.05) is 13.1 Å². The van der Waals surface area contributed by atoms with Crippen molar-refractivity contribution < 1.29 is 9.13 Å². The topological polar surface area (TPSA) is 21.3 Å². The summed E-state index contributed by atoms with van der Waals surface area (Å²) >= 11 is 5.70. The molecular weight excluding hydrogens is 241 g/mol. The highest BCUT2D eigenvalue weighted by atomic mass is 35.5. The van der Waals surface area contributed by atoms with Crippen LogP contribution >= 0.6 is 11.6 Å². The monoisotopic (exact) mass is 259 g/mol. The second-order valence-electron chi connectivity index (χ2n) is 4.61. The largest absolute Gasteiger partial charge is 0.486 e. The lowest BCUT2D eigenvalue weighted by Crippen LogP contribution is -2.40. The number of rotatable bonds is 6. The minimum Gasteiger partial charge on any atom is -0.486 e. The van der Waals surface area contributed by atoms with E-state index in [1.165, 1.54) is 12.1 Å². The molecule has 0 aliphatic rings. The van der Waals surface area contributed by atoms with E-state index in [0.717, 1.165) is 19.5 Å². The van der Waals surface area contributed by atoms with Crippen molar-refractivity contribution in [2.45, 2.75) is 32.8 Å².